The van der Waals surface area contributed by atoms with E-state index in [1.54, 1.807) is 12.4 Å². The molecule has 3 rings (SSSR count). The predicted molar refractivity (Wildman–Crippen MR) is 82.8 cm³/mol. The van der Waals surface area contributed by atoms with Crippen LogP contribution < -0.4 is 5.43 Å². The minimum atomic E-state index is -0.470. The molecule has 0 N–H and O–H groups in total. The topological polar surface area (TPSA) is 61.2 Å². The second-order valence-corrected chi connectivity index (χ2v) is 5.69. The quantitative estimate of drug-likeness (QED) is 0.812. The molecule has 0 radical (unpaired) electrons. The Bertz CT molecular complexity index is 749. The molecule has 0 aliphatic carbocycles. The molecule has 0 aromatic carbocycles. The molecule has 23 heavy (non-hydrogen) atoms. The molecule has 2 aromatic heterocycles. The Morgan fingerprint density at radius 2 is 2.09 bits per heavy atom. The van der Waals surface area contributed by atoms with Crippen molar-refractivity contribution in [2.24, 2.45) is 5.92 Å². The maximum Gasteiger partial charge on any atom is 0.201 e. The lowest BCUT2D eigenvalue weighted by molar-refractivity contribution is 0.0612. The Morgan fingerprint density at radius 1 is 1.30 bits per heavy atom. The molecule has 0 atom stereocenters. The van der Waals surface area contributed by atoms with Gasteiger partial charge in [-0.1, -0.05) is 0 Å². The van der Waals surface area contributed by atoms with Crippen molar-refractivity contribution >= 4 is 6.29 Å². The Kier molecular flexibility index (Phi) is 4.62. The summed E-state index contributed by atoms with van der Waals surface area (Å²) >= 11 is 0. The zero-order valence-corrected chi connectivity index (χ0v) is 12.6. The van der Waals surface area contributed by atoms with E-state index in [2.05, 4.69) is 4.98 Å². The molecule has 1 fully saturated rings. The van der Waals surface area contributed by atoms with E-state index in [0.29, 0.717) is 30.0 Å². The number of carbonyl (C=O) groups is 1. The van der Waals surface area contributed by atoms with E-state index in [0.717, 1.165) is 32.3 Å². The highest BCUT2D eigenvalue weighted by Gasteiger charge is 2.16. The molecule has 120 valence electrons. The third-order valence-corrected chi connectivity index (χ3v) is 4.05. The maximum atomic E-state index is 13.0. The van der Waals surface area contributed by atoms with Crippen molar-refractivity contribution in [3.05, 3.63) is 52.3 Å². The van der Waals surface area contributed by atoms with Crippen molar-refractivity contribution in [2.75, 3.05) is 13.2 Å². The van der Waals surface area contributed by atoms with Gasteiger partial charge in [0.1, 0.15) is 5.82 Å². The van der Waals surface area contributed by atoms with Crippen molar-refractivity contribution in [1.82, 2.24) is 9.55 Å². The van der Waals surface area contributed by atoms with Gasteiger partial charge in [-0.05, 0) is 30.9 Å². The van der Waals surface area contributed by atoms with Gasteiger partial charge in [-0.25, -0.2) is 4.39 Å². The van der Waals surface area contributed by atoms with Gasteiger partial charge in [0, 0.05) is 32.2 Å². The van der Waals surface area contributed by atoms with Gasteiger partial charge in [0.25, 0.3) is 0 Å². The summed E-state index contributed by atoms with van der Waals surface area (Å²) in [6, 6.07) is 2.69. The first kappa shape index (κ1) is 15.6. The van der Waals surface area contributed by atoms with Crippen molar-refractivity contribution in [2.45, 2.75) is 19.4 Å². The number of ether oxygens (including phenoxy) is 1. The summed E-state index contributed by atoms with van der Waals surface area (Å²) in [4.78, 5) is 27.5. The Hall–Kier alpha value is -2.34. The van der Waals surface area contributed by atoms with Crippen LogP contribution in [0.15, 0.2) is 35.5 Å². The van der Waals surface area contributed by atoms with E-state index in [9.17, 15) is 14.0 Å². The van der Waals surface area contributed by atoms with Crippen molar-refractivity contribution in [3.8, 4) is 11.3 Å². The van der Waals surface area contributed by atoms with Crippen LogP contribution in [0.3, 0.4) is 0 Å². The van der Waals surface area contributed by atoms with Gasteiger partial charge in [0.15, 0.2) is 6.29 Å². The number of hydrogen-bond donors (Lipinski definition) is 0. The maximum absolute atomic E-state index is 13.0. The van der Waals surface area contributed by atoms with E-state index >= 15 is 0 Å². The number of aromatic nitrogens is 2. The average molecular weight is 316 g/mol. The van der Waals surface area contributed by atoms with E-state index < -0.39 is 5.82 Å². The third kappa shape index (κ3) is 3.53. The lowest BCUT2D eigenvalue weighted by atomic mass is 10.00. The number of nitrogens with zero attached hydrogens (tertiary/aromatic N) is 2. The molecule has 5 nitrogen and oxygen atoms in total. The van der Waals surface area contributed by atoms with Crippen molar-refractivity contribution < 1.29 is 13.9 Å². The van der Waals surface area contributed by atoms with Gasteiger partial charge >= 0.3 is 0 Å². The Balaban J connectivity index is 1.97. The molecule has 0 unspecified atom stereocenters. The summed E-state index contributed by atoms with van der Waals surface area (Å²) in [5.41, 5.74) is 0.366. The fraction of sp³-hybridized carbons (Fsp3) is 0.353. The molecule has 0 amide bonds. The van der Waals surface area contributed by atoms with Gasteiger partial charge < -0.3 is 9.30 Å². The molecule has 2 aromatic rings. The lowest BCUT2D eigenvalue weighted by Gasteiger charge is -2.23. The lowest BCUT2D eigenvalue weighted by Crippen LogP contribution is -2.22. The number of halogens is 1. The number of rotatable bonds is 4. The first-order valence-electron chi connectivity index (χ1n) is 7.56. The zero-order chi connectivity index (χ0) is 16.2. The molecule has 0 spiro atoms. The summed E-state index contributed by atoms with van der Waals surface area (Å²) in [7, 11) is 0. The van der Waals surface area contributed by atoms with E-state index in [-0.39, 0.29) is 11.0 Å². The fourth-order valence-electron chi connectivity index (χ4n) is 2.79. The van der Waals surface area contributed by atoms with Crippen LogP contribution in [0.25, 0.3) is 11.3 Å². The molecule has 1 aliphatic heterocycles. The molecule has 1 saturated heterocycles. The van der Waals surface area contributed by atoms with Crippen LogP contribution in [0.2, 0.25) is 0 Å². The minimum absolute atomic E-state index is 0.0840. The molecule has 3 heterocycles. The van der Waals surface area contributed by atoms with Crippen LogP contribution in [-0.2, 0) is 11.3 Å². The SMILES string of the molecule is O=Cc1cn(CC2CCOCC2)cc(-c2ccc(F)cn2)c1=O. The molecule has 0 saturated carbocycles. The van der Waals surface area contributed by atoms with Crippen molar-refractivity contribution in [3.63, 3.8) is 0 Å². The standard InChI is InChI=1S/C17H17FN2O3/c18-14-1-2-16(19-7-14)15-10-20(9-13(11-21)17(15)22)8-12-3-5-23-6-4-12/h1-2,7,9-12H,3-6,8H2. The zero-order valence-electron chi connectivity index (χ0n) is 12.6. The minimum Gasteiger partial charge on any atom is -0.381 e. The molecular formula is C17H17FN2O3. The smallest absolute Gasteiger partial charge is 0.201 e. The van der Waals surface area contributed by atoms with Crippen LogP contribution in [0, 0.1) is 11.7 Å². The van der Waals surface area contributed by atoms with Crippen LogP contribution in [0.4, 0.5) is 4.39 Å². The highest BCUT2D eigenvalue weighted by Crippen LogP contribution is 2.19. The number of hydrogen-bond acceptors (Lipinski definition) is 4. The third-order valence-electron chi connectivity index (χ3n) is 4.05. The summed E-state index contributed by atoms with van der Waals surface area (Å²) in [5, 5.41) is 0. The fourth-order valence-corrected chi connectivity index (χ4v) is 2.79. The summed E-state index contributed by atoms with van der Waals surface area (Å²) in [6.45, 7) is 2.17. The molecule has 6 heteroatoms. The summed E-state index contributed by atoms with van der Waals surface area (Å²) in [5.74, 6) is -0.0254. The largest absolute Gasteiger partial charge is 0.381 e. The normalized spacial score (nSPS) is 15.5. The summed E-state index contributed by atoms with van der Waals surface area (Å²) < 4.78 is 20.2. The molecule has 1 aliphatic rings. The van der Waals surface area contributed by atoms with Crippen LogP contribution in [-0.4, -0.2) is 29.1 Å². The van der Waals surface area contributed by atoms with E-state index in [1.165, 1.54) is 12.1 Å². The van der Waals surface area contributed by atoms with Crippen molar-refractivity contribution in [1.29, 1.82) is 0 Å². The first-order valence-corrected chi connectivity index (χ1v) is 7.56. The highest BCUT2D eigenvalue weighted by molar-refractivity contribution is 5.77. The highest BCUT2D eigenvalue weighted by atomic mass is 19.1. The number of pyridine rings is 2. The van der Waals surface area contributed by atoms with Crippen LogP contribution >= 0.6 is 0 Å². The number of aldehydes is 1. The van der Waals surface area contributed by atoms with Gasteiger partial charge in [-0.15, -0.1) is 0 Å². The Morgan fingerprint density at radius 3 is 2.74 bits per heavy atom. The van der Waals surface area contributed by atoms with Gasteiger partial charge in [0.05, 0.1) is 23.0 Å². The predicted octanol–water partition coefficient (Wildman–Crippen LogP) is 2.29. The number of carbonyl (C=O) groups excluding carboxylic acids is 1. The van der Waals surface area contributed by atoms with E-state index in [4.69, 9.17) is 4.74 Å². The monoisotopic (exact) mass is 316 g/mol. The van der Waals surface area contributed by atoms with E-state index in [1.807, 2.05) is 4.57 Å². The average Bonchev–Trinajstić information content (AvgIpc) is 2.58. The van der Waals surface area contributed by atoms with Gasteiger partial charge in [-0.3, -0.25) is 14.6 Å². The summed E-state index contributed by atoms with van der Waals surface area (Å²) in [6.07, 6.45) is 6.77. The Labute approximate surface area is 132 Å². The molecule has 0 bridgehead atoms. The first-order chi connectivity index (χ1) is 11.2. The van der Waals surface area contributed by atoms with Crippen LogP contribution in [0.5, 0.6) is 0 Å². The second kappa shape index (κ2) is 6.83. The second-order valence-electron chi connectivity index (χ2n) is 5.69. The van der Waals surface area contributed by atoms with Gasteiger partial charge in [-0.2, -0.15) is 0 Å². The molecular weight excluding hydrogens is 299 g/mol. The van der Waals surface area contributed by atoms with Gasteiger partial charge in [0.2, 0.25) is 5.43 Å². The van der Waals surface area contributed by atoms with Crippen LogP contribution in [0.1, 0.15) is 23.2 Å².